The molecular formula is C25H23N5OS2. The molecule has 0 spiro atoms. The van der Waals surface area contributed by atoms with Gasteiger partial charge < -0.3 is 0 Å². The standard InChI is InChI=1S/C25H23N5OS2/c1-25(2,3)18-11-9-17(10-12-18)22-27-28-24(30(22)20-7-5-4-6-8-20)33-16-19-15-21(31)29-13-14-32-23(29)26-19/h4-15H,16H2,1-3H3. The van der Waals surface area contributed by atoms with Crippen molar-refractivity contribution in [3.8, 4) is 17.1 Å². The Bertz CT molecular complexity index is 1460. The Morgan fingerprint density at radius 3 is 2.48 bits per heavy atom. The van der Waals surface area contributed by atoms with Gasteiger partial charge in [-0.15, -0.1) is 21.5 Å². The summed E-state index contributed by atoms with van der Waals surface area (Å²) in [5.74, 6) is 1.31. The topological polar surface area (TPSA) is 65.1 Å². The summed E-state index contributed by atoms with van der Waals surface area (Å²) in [4.78, 5) is 17.6. The van der Waals surface area contributed by atoms with E-state index >= 15 is 0 Å². The van der Waals surface area contributed by atoms with Gasteiger partial charge in [0.15, 0.2) is 15.9 Å². The van der Waals surface area contributed by atoms with E-state index < -0.39 is 0 Å². The summed E-state index contributed by atoms with van der Waals surface area (Å²) >= 11 is 2.97. The number of nitrogens with zero attached hydrogens (tertiary/aromatic N) is 5. The first-order valence-corrected chi connectivity index (χ1v) is 12.5. The van der Waals surface area contributed by atoms with Gasteiger partial charge in [0.1, 0.15) is 0 Å². The predicted molar refractivity (Wildman–Crippen MR) is 134 cm³/mol. The van der Waals surface area contributed by atoms with Crippen LogP contribution in [0.15, 0.2) is 82.2 Å². The van der Waals surface area contributed by atoms with Crippen LogP contribution in [0.2, 0.25) is 0 Å². The fraction of sp³-hybridized carbons (Fsp3) is 0.200. The molecule has 5 rings (SSSR count). The highest BCUT2D eigenvalue weighted by molar-refractivity contribution is 7.98. The lowest BCUT2D eigenvalue weighted by Gasteiger charge is -2.19. The van der Waals surface area contributed by atoms with E-state index in [1.807, 2.05) is 35.7 Å². The van der Waals surface area contributed by atoms with Crippen molar-refractivity contribution in [2.75, 3.05) is 0 Å². The van der Waals surface area contributed by atoms with E-state index in [1.54, 1.807) is 16.7 Å². The maximum atomic E-state index is 12.3. The zero-order valence-electron chi connectivity index (χ0n) is 18.6. The molecule has 3 aromatic heterocycles. The first-order chi connectivity index (χ1) is 15.9. The Kier molecular flexibility index (Phi) is 5.64. The second-order valence-electron chi connectivity index (χ2n) is 8.73. The van der Waals surface area contributed by atoms with E-state index in [-0.39, 0.29) is 11.0 Å². The molecule has 3 heterocycles. The molecule has 0 unspecified atom stereocenters. The van der Waals surface area contributed by atoms with Crippen LogP contribution in [0.5, 0.6) is 0 Å². The van der Waals surface area contributed by atoms with Gasteiger partial charge in [-0.05, 0) is 23.1 Å². The second-order valence-corrected chi connectivity index (χ2v) is 10.5. The number of thioether (sulfide) groups is 1. The Morgan fingerprint density at radius 1 is 1.00 bits per heavy atom. The van der Waals surface area contributed by atoms with Crippen LogP contribution in [0.3, 0.4) is 0 Å². The van der Waals surface area contributed by atoms with Gasteiger partial charge in [-0.2, -0.15) is 0 Å². The lowest BCUT2D eigenvalue weighted by molar-refractivity contribution is 0.590. The van der Waals surface area contributed by atoms with E-state index in [1.165, 1.54) is 28.7 Å². The molecule has 0 saturated heterocycles. The van der Waals surface area contributed by atoms with E-state index in [4.69, 9.17) is 0 Å². The SMILES string of the molecule is CC(C)(C)c1ccc(-c2nnc(SCc3cc(=O)n4ccsc4n3)n2-c2ccccc2)cc1. The van der Waals surface area contributed by atoms with Crippen LogP contribution in [0.4, 0.5) is 0 Å². The van der Waals surface area contributed by atoms with Gasteiger partial charge in [0.2, 0.25) is 0 Å². The molecular weight excluding hydrogens is 450 g/mol. The van der Waals surface area contributed by atoms with Gasteiger partial charge in [0.25, 0.3) is 5.56 Å². The van der Waals surface area contributed by atoms with E-state index in [0.29, 0.717) is 10.7 Å². The highest BCUT2D eigenvalue weighted by Gasteiger charge is 2.18. The zero-order chi connectivity index (χ0) is 23.0. The summed E-state index contributed by atoms with van der Waals surface area (Å²) in [6.07, 6.45) is 1.75. The van der Waals surface area contributed by atoms with Crippen molar-refractivity contribution in [1.82, 2.24) is 24.1 Å². The van der Waals surface area contributed by atoms with E-state index in [9.17, 15) is 4.79 Å². The largest absolute Gasteiger partial charge is 0.270 e. The monoisotopic (exact) mass is 473 g/mol. The van der Waals surface area contributed by atoms with Crippen LogP contribution in [-0.2, 0) is 11.2 Å². The minimum absolute atomic E-state index is 0.0685. The van der Waals surface area contributed by atoms with Crippen molar-refractivity contribution in [2.45, 2.75) is 37.1 Å². The summed E-state index contributed by atoms with van der Waals surface area (Å²) in [7, 11) is 0. The Hall–Kier alpha value is -3.23. The third-order valence-electron chi connectivity index (χ3n) is 5.36. The Balaban J connectivity index is 1.51. The minimum atomic E-state index is -0.0685. The van der Waals surface area contributed by atoms with E-state index in [0.717, 1.165) is 27.9 Å². The lowest BCUT2D eigenvalue weighted by atomic mass is 9.87. The molecule has 0 saturated carbocycles. The van der Waals surface area contributed by atoms with Crippen molar-refractivity contribution >= 4 is 28.1 Å². The second kappa shape index (κ2) is 8.61. The van der Waals surface area contributed by atoms with Crippen molar-refractivity contribution in [1.29, 1.82) is 0 Å². The molecule has 0 atom stereocenters. The summed E-state index contributed by atoms with van der Waals surface area (Å²) in [6.45, 7) is 6.61. The summed E-state index contributed by atoms with van der Waals surface area (Å²) in [6, 6.07) is 20.2. The number of hydrogen-bond acceptors (Lipinski definition) is 6. The van der Waals surface area contributed by atoms with Crippen molar-refractivity contribution in [3.63, 3.8) is 0 Å². The maximum Gasteiger partial charge on any atom is 0.258 e. The molecule has 0 bridgehead atoms. The molecule has 2 aromatic carbocycles. The maximum absolute atomic E-state index is 12.3. The molecule has 166 valence electrons. The summed E-state index contributed by atoms with van der Waals surface area (Å²) in [5, 5.41) is 11.7. The third kappa shape index (κ3) is 4.36. The molecule has 33 heavy (non-hydrogen) atoms. The van der Waals surface area contributed by atoms with Gasteiger partial charge in [-0.25, -0.2) is 4.98 Å². The zero-order valence-corrected chi connectivity index (χ0v) is 20.2. The molecule has 0 fully saturated rings. The van der Waals surface area contributed by atoms with Gasteiger partial charge in [0.05, 0.1) is 5.69 Å². The van der Waals surface area contributed by atoms with Crippen molar-refractivity contribution in [2.24, 2.45) is 0 Å². The van der Waals surface area contributed by atoms with Crippen LogP contribution in [-0.4, -0.2) is 24.1 Å². The first-order valence-electron chi connectivity index (χ1n) is 10.6. The molecule has 5 aromatic rings. The number of aromatic nitrogens is 5. The smallest absolute Gasteiger partial charge is 0.258 e. The average Bonchev–Trinajstić information content (AvgIpc) is 3.45. The summed E-state index contributed by atoms with van der Waals surface area (Å²) in [5.41, 5.74) is 4.01. The average molecular weight is 474 g/mol. The van der Waals surface area contributed by atoms with E-state index in [2.05, 4.69) is 64.8 Å². The fourth-order valence-corrected chi connectivity index (χ4v) is 5.16. The molecule has 6 nitrogen and oxygen atoms in total. The van der Waals surface area contributed by atoms with Crippen LogP contribution in [0.25, 0.3) is 22.0 Å². The van der Waals surface area contributed by atoms with Gasteiger partial charge in [-0.3, -0.25) is 13.8 Å². The molecule has 0 aliphatic rings. The number of fused-ring (bicyclic) bond motifs is 1. The molecule has 8 heteroatoms. The van der Waals surface area contributed by atoms with Gasteiger partial charge in [0, 0.05) is 34.6 Å². The number of benzene rings is 2. The molecule has 0 radical (unpaired) electrons. The molecule has 0 aliphatic carbocycles. The van der Waals surface area contributed by atoms with Crippen LogP contribution >= 0.6 is 23.1 Å². The third-order valence-corrected chi connectivity index (χ3v) is 7.08. The highest BCUT2D eigenvalue weighted by Crippen LogP contribution is 2.31. The number of rotatable bonds is 5. The predicted octanol–water partition coefficient (Wildman–Crippen LogP) is 5.59. The minimum Gasteiger partial charge on any atom is -0.270 e. The molecule has 0 N–H and O–H groups in total. The lowest BCUT2D eigenvalue weighted by Crippen LogP contribution is -2.12. The Labute approximate surface area is 200 Å². The number of thiazole rings is 1. The quantitative estimate of drug-likeness (QED) is 0.311. The van der Waals surface area contributed by atoms with Crippen LogP contribution in [0, 0.1) is 0 Å². The van der Waals surface area contributed by atoms with Crippen molar-refractivity contribution in [3.05, 3.63) is 93.9 Å². The first kappa shape index (κ1) is 21.6. The highest BCUT2D eigenvalue weighted by atomic mass is 32.2. The summed E-state index contributed by atoms with van der Waals surface area (Å²) < 4.78 is 3.62. The van der Waals surface area contributed by atoms with Gasteiger partial charge in [-0.1, -0.05) is 75.0 Å². The van der Waals surface area contributed by atoms with Crippen molar-refractivity contribution < 1.29 is 0 Å². The van der Waals surface area contributed by atoms with Crippen LogP contribution < -0.4 is 5.56 Å². The normalized spacial score (nSPS) is 11.8. The number of para-hydroxylation sites is 1. The van der Waals surface area contributed by atoms with Crippen LogP contribution in [0.1, 0.15) is 32.0 Å². The Morgan fingerprint density at radius 2 is 1.76 bits per heavy atom. The fourth-order valence-electron chi connectivity index (χ4n) is 3.58. The molecule has 0 aliphatic heterocycles. The van der Waals surface area contributed by atoms with Gasteiger partial charge >= 0.3 is 0 Å². The number of hydrogen-bond donors (Lipinski definition) is 0. The molecule has 0 amide bonds.